The van der Waals surface area contributed by atoms with Gasteiger partial charge in [0.05, 0.1) is 0 Å². The van der Waals surface area contributed by atoms with E-state index in [0.717, 1.165) is 16.6 Å². The van der Waals surface area contributed by atoms with Crippen LogP contribution in [-0.2, 0) is 9.84 Å². The number of hydrogen-bond donors (Lipinski definition) is 0. The standard InChI is InChI=1S/C11H8N4O2S2/c1-19(16,17)11-13-5-7(6-14-11)9-15-8-3-2-4-12-10(8)18-9/h2-6H,1H3. The first-order chi connectivity index (χ1) is 9.04. The van der Waals surface area contributed by atoms with Crippen molar-refractivity contribution in [1.29, 1.82) is 0 Å². The average Bonchev–Trinajstić information content (AvgIpc) is 2.81. The maximum atomic E-state index is 11.3. The maximum Gasteiger partial charge on any atom is 0.246 e. The fourth-order valence-electron chi connectivity index (χ4n) is 1.51. The third-order valence-electron chi connectivity index (χ3n) is 2.37. The summed E-state index contributed by atoms with van der Waals surface area (Å²) in [4.78, 5) is 17.1. The van der Waals surface area contributed by atoms with Gasteiger partial charge in [0.2, 0.25) is 15.0 Å². The van der Waals surface area contributed by atoms with E-state index in [4.69, 9.17) is 0 Å². The maximum absolute atomic E-state index is 11.3. The van der Waals surface area contributed by atoms with Crippen molar-refractivity contribution in [3.8, 4) is 10.6 Å². The van der Waals surface area contributed by atoms with Gasteiger partial charge in [-0.3, -0.25) is 0 Å². The third kappa shape index (κ3) is 2.32. The van der Waals surface area contributed by atoms with E-state index in [2.05, 4.69) is 19.9 Å². The van der Waals surface area contributed by atoms with Crippen molar-refractivity contribution in [2.45, 2.75) is 5.16 Å². The number of fused-ring (bicyclic) bond motifs is 1. The normalized spacial score (nSPS) is 11.8. The molecule has 0 bridgehead atoms. The predicted molar refractivity (Wildman–Crippen MR) is 71.6 cm³/mol. The van der Waals surface area contributed by atoms with E-state index in [-0.39, 0.29) is 5.16 Å². The summed E-state index contributed by atoms with van der Waals surface area (Å²) in [7, 11) is -3.38. The van der Waals surface area contributed by atoms with Crippen LogP contribution in [0.25, 0.3) is 20.9 Å². The highest BCUT2D eigenvalue weighted by Crippen LogP contribution is 2.27. The number of thiazole rings is 1. The molecule has 19 heavy (non-hydrogen) atoms. The second kappa shape index (κ2) is 4.32. The SMILES string of the molecule is CS(=O)(=O)c1ncc(-c2nc3cccnc3s2)cn1. The van der Waals surface area contributed by atoms with Crippen LogP contribution in [0.15, 0.2) is 35.9 Å². The fourth-order valence-corrected chi connectivity index (χ4v) is 2.88. The van der Waals surface area contributed by atoms with Crippen LogP contribution in [-0.4, -0.2) is 34.6 Å². The predicted octanol–water partition coefficient (Wildman–Crippen LogP) is 1.55. The molecule has 0 amide bonds. The number of sulfone groups is 1. The Kier molecular flexibility index (Phi) is 2.76. The molecule has 0 atom stereocenters. The van der Waals surface area contributed by atoms with Gasteiger partial charge in [0.1, 0.15) is 15.4 Å². The van der Waals surface area contributed by atoms with Gasteiger partial charge in [0, 0.05) is 30.4 Å². The summed E-state index contributed by atoms with van der Waals surface area (Å²) >= 11 is 1.41. The molecule has 0 aliphatic carbocycles. The van der Waals surface area contributed by atoms with Crippen molar-refractivity contribution in [2.75, 3.05) is 6.26 Å². The molecule has 3 aromatic heterocycles. The zero-order chi connectivity index (χ0) is 13.5. The van der Waals surface area contributed by atoms with Crippen molar-refractivity contribution in [3.63, 3.8) is 0 Å². The van der Waals surface area contributed by atoms with E-state index < -0.39 is 9.84 Å². The monoisotopic (exact) mass is 292 g/mol. The minimum Gasteiger partial charge on any atom is -0.244 e. The molecule has 0 aromatic carbocycles. The largest absolute Gasteiger partial charge is 0.246 e. The lowest BCUT2D eigenvalue weighted by atomic mass is 10.3. The van der Waals surface area contributed by atoms with E-state index in [9.17, 15) is 8.42 Å². The second-order valence-corrected chi connectivity index (χ2v) is 6.76. The van der Waals surface area contributed by atoms with E-state index in [1.165, 1.54) is 23.7 Å². The van der Waals surface area contributed by atoms with Gasteiger partial charge in [-0.15, -0.1) is 0 Å². The molecule has 3 rings (SSSR count). The van der Waals surface area contributed by atoms with Crippen LogP contribution in [0.3, 0.4) is 0 Å². The molecule has 0 saturated carbocycles. The van der Waals surface area contributed by atoms with Crippen LogP contribution < -0.4 is 0 Å². The van der Waals surface area contributed by atoms with Gasteiger partial charge in [-0.1, -0.05) is 11.3 Å². The summed E-state index contributed by atoms with van der Waals surface area (Å²) in [5.74, 6) is 0. The number of nitrogens with zero attached hydrogens (tertiary/aromatic N) is 4. The first-order valence-corrected chi connectivity index (χ1v) is 7.99. The Morgan fingerprint density at radius 2 is 1.89 bits per heavy atom. The van der Waals surface area contributed by atoms with E-state index in [1.807, 2.05) is 12.1 Å². The summed E-state index contributed by atoms with van der Waals surface area (Å²) in [5.41, 5.74) is 1.48. The van der Waals surface area contributed by atoms with Gasteiger partial charge in [0.15, 0.2) is 0 Å². The lowest BCUT2D eigenvalue weighted by Gasteiger charge is -1.97. The van der Waals surface area contributed by atoms with E-state index >= 15 is 0 Å². The molecule has 0 fully saturated rings. The molecule has 0 unspecified atom stereocenters. The summed E-state index contributed by atoms with van der Waals surface area (Å²) < 4.78 is 22.5. The second-order valence-electron chi connectivity index (χ2n) is 3.87. The number of aromatic nitrogens is 4. The Bertz CT molecular complexity index is 808. The fraction of sp³-hybridized carbons (Fsp3) is 0.0909. The van der Waals surface area contributed by atoms with Crippen molar-refractivity contribution >= 4 is 31.5 Å². The van der Waals surface area contributed by atoms with E-state index in [1.54, 1.807) is 6.20 Å². The first kappa shape index (κ1) is 12.1. The van der Waals surface area contributed by atoms with Gasteiger partial charge >= 0.3 is 0 Å². The molecule has 0 spiro atoms. The smallest absolute Gasteiger partial charge is 0.244 e. The molecule has 3 heterocycles. The number of rotatable bonds is 2. The highest BCUT2D eigenvalue weighted by atomic mass is 32.2. The molecule has 0 saturated heterocycles. The molecule has 0 radical (unpaired) electrons. The zero-order valence-electron chi connectivity index (χ0n) is 9.81. The van der Waals surface area contributed by atoms with Crippen molar-refractivity contribution < 1.29 is 8.42 Å². The van der Waals surface area contributed by atoms with Crippen LogP contribution in [0.2, 0.25) is 0 Å². The van der Waals surface area contributed by atoms with Crippen molar-refractivity contribution in [2.24, 2.45) is 0 Å². The van der Waals surface area contributed by atoms with Crippen molar-refractivity contribution in [3.05, 3.63) is 30.7 Å². The Labute approximate surface area is 113 Å². The molecule has 0 aliphatic rings. The molecule has 6 nitrogen and oxygen atoms in total. The number of hydrogen-bond acceptors (Lipinski definition) is 7. The highest BCUT2D eigenvalue weighted by Gasteiger charge is 2.12. The lowest BCUT2D eigenvalue weighted by Crippen LogP contribution is -2.03. The van der Waals surface area contributed by atoms with Gasteiger partial charge in [0.25, 0.3) is 0 Å². The Hall–Kier alpha value is -1.93. The quantitative estimate of drug-likeness (QED) is 0.666. The Balaban J connectivity index is 2.07. The topological polar surface area (TPSA) is 85.7 Å². The highest BCUT2D eigenvalue weighted by molar-refractivity contribution is 7.90. The third-order valence-corrected chi connectivity index (χ3v) is 4.28. The minimum atomic E-state index is -3.38. The van der Waals surface area contributed by atoms with Gasteiger partial charge in [-0.05, 0) is 12.1 Å². The van der Waals surface area contributed by atoms with Gasteiger partial charge in [-0.2, -0.15) is 0 Å². The summed E-state index contributed by atoms with van der Waals surface area (Å²) in [5, 5.41) is 0.532. The summed E-state index contributed by atoms with van der Waals surface area (Å²) in [6.07, 6.45) is 5.69. The minimum absolute atomic E-state index is 0.185. The van der Waals surface area contributed by atoms with Gasteiger partial charge in [-0.25, -0.2) is 28.4 Å². The van der Waals surface area contributed by atoms with Crippen LogP contribution in [0, 0.1) is 0 Å². The molecule has 0 N–H and O–H groups in total. The molecule has 0 aliphatic heterocycles. The van der Waals surface area contributed by atoms with Crippen molar-refractivity contribution in [1.82, 2.24) is 19.9 Å². The Morgan fingerprint density at radius 3 is 2.53 bits per heavy atom. The van der Waals surface area contributed by atoms with Crippen LogP contribution in [0.5, 0.6) is 0 Å². The molecule has 96 valence electrons. The molecule has 3 aromatic rings. The van der Waals surface area contributed by atoms with E-state index in [0.29, 0.717) is 10.6 Å². The molecular weight excluding hydrogens is 284 g/mol. The molecule has 8 heteroatoms. The zero-order valence-corrected chi connectivity index (χ0v) is 11.4. The molecular formula is C11H8N4O2S2. The summed E-state index contributed by atoms with van der Waals surface area (Å²) in [6, 6.07) is 3.68. The average molecular weight is 292 g/mol. The lowest BCUT2D eigenvalue weighted by molar-refractivity contribution is 0.593. The van der Waals surface area contributed by atoms with Crippen LogP contribution >= 0.6 is 11.3 Å². The first-order valence-electron chi connectivity index (χ1n) is 5.28. The Morgan fingerprint density at radius 1 is 1.16 bits per heavy atom. The van der Waals surface area contributed by atoms with Gasteiger partial charge < -0.3 is 0 Å². The van der Waals surface area contributed by atoms with Crippen LogP contribution in [0.1, 0.15) is 0 Å². The van der Waals surface area contributed by atoms with Crippen LogP contribution in [0.4, 0.5) is 0 Å². The number of pyridine rings is 1. The summed E-state index contributed by atoms with van der Waals surface area (Å²) in [6.45, 7) is 0.